The molecule has 4 rings (SSSR count). The van der Waals surface area contributed by atoms with Gasteiger partial charge in [0.25, 0.3) is 5.91 Å². The van der Waals surface area contributed by atoms with E-state index in [-0.39, 0.29) is 5.91 Å². The van der Waals surface area contributed by atoms with Gasteiger partial charge in [-0.3, -0.25) is 14.3 Å². The summed E-state index contributed by atoms with van der Waals surface area (Å²) in [7, 11) is 1.98. The van der Waals surface area contributed by atoms with Gasteiger partial charge in [0, 0.05) is 62.8 Å². The van der Waals surface area contributed by atoms with Crippen LogP contribution in [0.25, 0.3) is 0 Å². The van der Waals surface area contributed by atoms with Crippen LogP contribution in [0.5, 0.6) is 0 Å². The van der Waals surface area contributed by atoms with Gasteiger partial charge < -0.3 is 10.2 Å². The first kappa shape index (κ1) is 20.6. The number of benzene rings is 1. The maximum Gasteiger partial charge on any atom is 0.251 e. The van der Waals surface area contributed by atoms with Crippen molar-refractivity contribution in [2.24, 2.45) is 13.0 Å². The Hall–Kier alpha value is -2.63. The van der Waals surface area contributed by atoms with Crippen molar-refractivity contribution in [3.8, 4) is 0 Å². The van der Waals surface area contributed by atoms with Crippen LogP contribution >= 0.6 is 0 Å². The molecule has 1 saturated carbocycles. The number of amides is 2. The quantitative estimate of drug-likeness (QED) is 0.798. The summed E-state index contributed by atoms with van der Waals surface area (Å²) < 4.78 is 1.95. The highest BCUT2D eigenvalue weighted by Gasteiger charge is 2.28. The molecule has 0 atom stereocenters. The Bertz CT molecular complexity index is 884. The van der Waals surface area contributed by atoms with Crippen molar-refractivity contribution in [2.45, 2.75) is 57.9 Å². The van der Waals surface area contributed by atoms with Gasteiger partial charge in [0.2, 0.25) is 5.91 Å². The second kappa shape index (κ2) is 9.45. The minimum absolute atomic E-state index is 0.0651. The third-order valence-corrected chi connectivity index (χ3v) is 6.55. The van der Waals surface area contributed by atoms with Gasteiger partial charge in [-0.05, 0) is 30.9 Å². The summed E-state index contributed by atoms with van der Waals surface area (Å²) in [5.74, 6) is 0.790. The largest absolute Gasteiger partial charge is 0.352 e. The van der Waals surface area contributed by atoms with Crippen LogP contribution in [-0.4, -0.2) is 39.6 Å². The molecular weight excluding hydrogens is 376 g/mol. The number of carbonyl (C=O) groups excluding carboxylic acids is 2. The van der Waals surface area contributed by atoms with Gasteiger partial charge in [-0.2, -0.15) is 5.10 Å². The number of hydrogen-bond donors (Lipinski definition) is 1. The lowest BCUT2D eigenvalue weighted by atomic mass is 9.86. The molecule has 6 heteroatoms. The van der Waals surface area contributed by atoms with Crippen molar-refractivity contribution in [2.75, 3.05) is 13.1 Å². The smallest absolute Gasteiger partial charge is 0.251 e. The van der Waals surface area contributed by atoms with Crippen molar-refractivity contribution in [1.29, 1.82) is 0 Å². The molecule has 0 unspecified atom stereocenters. The summed E-state index contributed by atoms with van der Waals surface area (Å²) in [4.78, 5) is 27.2. The van der Waals surface area contributed by atoms with Gasteiger partial charge in [-0.25, -0.2) is 0 Å². The van der Waals surface area contributed by atoms with Crippen molar-refractivity contribution in [1.82, 2.24) is 20.0 Å². The lowest BCUT2D eigenvalue weighted by molar-refractivity contribution is -0.133. The minimum atomic E-state index is -0.0651. The summed E-state index contributed by atoms with van der Waals surface area (Å²) in [6.07, 6.45) is 8.47. The minimum Gasteiger partial charge on any atom is -0.352 e. The van der Waals surface area contributed by atoms with Crippen LogP contribution in [0.15, 0.2) is 30.3 Å². The summed E-state index contributed by atoms with van der Waals surface area (Å²) in [5.41, 5.74) is 4.06. The zero-order chi connectivity index (χ0) is 20.9. The third kappa shape index (κ3) is 4.74. The van der Waals surface area contributed by atoms with Gasteiger partial charge in [0.05, 0.1) is 5.69 Å². The van der Waals surface area contributed by atoms with E-state index in [4.69, 9.17) is 5.10 Å². The number of rotatable bonds is 6. The van der Waals surface area contributed by atoms with E-state index in [0.717, 1.165) is 18.7 Å². The lowest BCUT2D eigenvalue weighted by Crippen LogP contribution is -2.37. The molecule has 1 aromatic heterocycles. The molecule has 2 aliphatic rings. The molecule has 1 aliphatic carbocycles. The molecule has 30 heavy (non-hydrogen) atoms. The number of aromatic nitrogens is 2. The number of fused-ring (bicyclic) bond motifs is 1. The first-order valence-corrected chi connectivity index (χ1v) is 11.3. The van der Waals surface area contributed by atoms with E-state index in [9.17, 15) is 9.59 Å². The van der Waals surface area contributed by atoms with Crippen molar-refractivity contribution in [3.05, 3.63) is 52.8 Å². The monoisotopic (exact) mass is 408 g/mol. The zero-order valence-corrected chi connectivity index (χ0v) is 17.9. The Morgan fingerprint density at radius 3 is 2.67 bits per heavy atom. The second-order valence-electron chi connectivity index (χ2n) is 8.64. The van der Waals surface area contributed by atoms with Crippen LogP contribution in [0.1, 0.15) is 65.8 Å². The van der Waals surface area contributed by atoms with Gasteiger partial charge in [0.1, 0.15) is 0 Å². The molecule has 0 radical (unpaired) electrons. The predicted octanol–water partition coefficient (Wildman–Crippen LogP) is 3.25. The third-order valence-electron chi connectivity index (χ3n) is 6.55. The Kier molecular flexibility index (Phi) is 6.50. The fraction of sp³-hybridized carbons (Fsp3) is 0.542. The topological polar surface area (TPSA) is 67.2 Å². The molecule has 2 heterocycles. The Morgan fingerprint density at radius 2 is 1.90 bits per heavy atom. The molecule has 0 bridgehead atoms. The van der Waals surface area contributed by atoms with E-state index in [0.29, 0.717) is 43.3 Å². The first-order valence-electron chi connectivity index (χ1n) is 11.3. The molecule has 0 spiro atoms. The van der Waals surface area contributed by atoms with E-state index >= 15 is 0 Å². The average molecular weight is 409 g/mol. The van der Waals surface area contributed by atoms with E-state index in [2.05, 4.69) is 5.32 Å². The molecule has 1 fully saturated rings. The molecule has 1 N–H and O–H groups in total. The number of aryl methyl sites for hydroxylation is 1. The molecular formula is C24H32N4O2. The van der Waals surface area contributed by atoms with Crippen LogP contribution in [0.4, 0.5) is 0 Å². The maximum atomic E-state index is 12.9. The summed E-state index contributed by atoms with van der Waals surface area (Å²) in [6.45, 7) is 1.96. The normalized spacial score (nSPS) is 16.9. The highest BCUT2D eigenvalue weighted by atomic mass is 16.2. The molecule has 1 aliphatic heterocycles. The van der Waals surface area contributed by atoms with Crippen molar-refractivity contribution >= 4 is 11.8 Å². The van der Waals surface area contributed by atoms with Crippen LogP contribution in [0, 0.1) is 5.92 Å². The fourth-order valence-corrected chi connectivity index (χ4v) is 4.84. The van der Waals surface area contributed by atoms with E-state index in [1.807, 2.05) is 47.0 Å². The zero-order valence-electron chi connectivity index (χ0n) is 17.9. The highest BCUT2D eigenvalue weighted by molar-refractivity contribution is 5.94. The fourth-order valence-electron chi connectivity index (χ4n) is 4.84. The van der Waals surface area contributed by atoms with Crippen molar-refractivity contribution < 1.29 is 9.59 Å². The number of hydrogen-bond acceptors (Lipinski definition) is 3. The first-order chi connectivity index (χ1) is 14.6. The maximum absolute atomic E-state index is 12.9. The van der Waals surface area contributed by atoms with Crippen molar-refractivity contribution in [3.63, 3.8) is 0 Å². The number of carbonyl (C=O) groups is 2. The van der Waals surface area contributed by atoms with Crippen LogP contribution in [0.3, 0.4) is 0 Å². The van der Waals surface area contributed by atoms with Crippen LogP contribution < -0.4 is 5.32 Å². The molecule has 6 nitrogen and oxygen atoms in total. The van der Waals surface area contributed by atoms with Gasteiger partial charge in [-0.1, -0.05) is 37.5 Å². The van der Waals surface area contributed by atoms with Gasteiger partial charge in [0.15, 0.2) is 0 Å². The van der Waals surface area contributed by atoms with E-state index < -0.39 is 0 Å². The summed E-state index contributed by atoms with van der Waals surface area (Å²) in [5, 5.41) is 7.68. The Balaban J connectivity index is 1.35. The lowest BCUT2D eigenvalue weighted by Gasteiger charge is -2.30. The molecule has 2 aromatic rings. The highest BCUT2D eigenvalue weighted by Crippen LogP contribution is 2.28. The predicted molar refractivity (Wildman–Crippen MR) is 116 cm³/mol. The SMILES string of the molecule is Cn1nc(CCNC(=O)c2ccccc2)c2c1CCN(C(=O)CC1CCCCC1)C2. The second-order valence-corrected chi connectivity index (χ2v) is 8.64. The number of nitrogens with zero attached hydrogens (tertiary/aromatic N) is 3. The standard InChI is InChI=1S/C24H32N4O2/c1-27-22-13-15-28(23(29)16-18-8-4-2-5-9-18)17-20(22)21(26-27)12-14-25-24(30)19-10-6-3-7-11-19/h3,6-7,10-11,18H,2,4-5,8-9,12-17H2,1H3,(H,25,30). The summed E-state index contributed by atoms with van der Waals surface area (Å²) in [6, 6.07) is 9.26. The van der Waals surface area contributed by atoms with E-state index in [1.54, 1.807) is 0 Å². The van der Waals surface area contributed by atoms with Gasteiger partial charge in [-0.15, -0.1) is 0 Å². The summed E-state index contributed by atoms with van der Waals surface area (Å²) >= 11 is 0. The average Bonchev–Trinajstić information content (AvgIpc) is 3.10. The number of nitrogens with one attached hydrogen (secondary N) is 1. The molecule has 1 aromatic carbocycles. The van der Waals surface area contributed by atoms with Crippen LogP contribution in [0.2, 0.25) is 0 Å². The van der Waals surface area contributed by atoms with Gasteiger partial charge >= 0.3 is 0 Å². The van der Waals surface area contributed by atoms with E-state index in [1.165, 1.54) is 43.4 Å². The Labute approximate surface area is 178 Å². The Morgan fingerprint density at radius 1 is 1.13 bits per heavy atom. The molecule has 2 amide bonds. The molecule has 160 valence electrons. The van der Waals surface area contributed by atoms with Crippen LogP contribution in [-0.2, 0) is 31.2 Å². The molecule has 0 saturated heterocycles.